The number of hydrogen-bond donors (Lipinski definition) is 2. The van der Waals surface area contributed by atoms with E-state index in [1.165, 1.54) is 12.1 Å². The molecule has 0 saturated carbocycles. The van der Waals surface area contributed by atoms with E-state index in [4.69, 9.17) is 0 Å². The molecule has 0 aliphatic heterocycles. The summed E-state index contributed by atoms with van der Waals surface area (Å²) >= 11 is 0. The topological polar surface area (TPSA) is 32.3 Å². The van der Waals surface area contributed by atoms with E-state index in [1.807, 2.05) is 12.1 Å². The van der Waals surface area contributed by atoms with Crippen molar-refractivity contribution in [1.82, 2.24) is 0 Å². The van der Waals surface area contributed by atoms with Crippen molar-refractivity contribution in [2.24, 2.45) is 0 Å². The minimum atomic E-state index is -0.257. The Kier molecular flexibility index (Phi) is 4.43. The number of halogens is 1. The zero-order chi connectivity index (χ0) is 17.4. The molecule has 0 atom stereocenters. The summed E-state index contributed by atoms with van der Waals surface area (Å²) in [5.74, 6) is 0.0988. The molecule has 0 fully saturated rings. The Morgan fingerprint density at radius 3 is 1.61 bits per heavy atom. The van der Waals surface area contributed by atoms with Crippen LogP contribution in [0.2, 0.25) is 0 Å². The Morgan fingerprint density at radius 2 is 1.22 bits per heavy atom. The van der Waals surface area contributed by atoms with Crippen molar-refractivity contribution >= 4 is 11.4 Å². The largest absolute Gasteiger partial charge is 0.507 e. The van der Waals surface area contributed by atoms with Gasteiger partial charge in [0.15, 0.2) is 0 Å². The average Bonchev–Trinajstić information content (AvgIpc) is 2.40. The second-order valence-electron chi connectivity index (χ2n) is 8.05. The van der Waals surface area contributed by atoms with E-state index in [0.717, 1.165) is 22.5 Å². The summed E-state index contributed by atoms with van der Waals surface area (Å²) in [5, 5.41) is 14.0. The van der Waals surface area contributed by atoms with Gasteiger partial charge >= 0.3 is 0 Å². The van der Waals surface area contributed by atoms with Crippen LogP contribution >= 0.6 is 0 Å². The van der Waals surface area contributed by atoms with Crippen LogP contribution in [0.3, 0.4) is 0 Å². The lowest BCUT2D eigenvalue weighted by atomic mass is 9.79. The number of phenolic OH excluding ortho intramolecular Hbond substituents is 1. The van der Waals surface area contributed by atoms with Crippen molar-refractivity contribution in [3.05, 3.63) is 53.3 Å². The molecule has 2 N–H and O–H groups in total. The fraction of sp³-hybridized carbons (Fsp3) is 0.400. The van der Waals surface area contributed by atoms with Crippen molar-refractivity contribution in [2.45, 2.75) is 52.4 Å². The van der Waals surface area contributed by atoms with Gasteiger partial charge in [-0.2, -0.15) is 0 Å². The number of aromatic hydroxyl groups is 1. The first-order chi connectivity index (χ1) is 10.5. The number of nitrogens with one attached hydrogen (secondary N) is 1. The van der Waals surface area contributed by atoms with Gasteiger partial charge in [-0.3, -0.25) is 0 Å². The highest BCUT2D eigenvalue weighted by Gasteiger charge is 2.26. The van der Waals surface area contributed by atoms with Crippen LogP contribution in [-0.2, 0) is 10.8 Å². The summed E-state index contributed by atoms with van der Waals surface area (Å²) in [6, 6.07) is 10.2. The summed E-state index contributed by atoms with van der Waals surface area (Å²) in [4.78, 5) is 0. The number of phenols is 1. The monoisotopic (exact) mass is 315 g/mol. The van der Waals surface area contributed by atoms with Gasteiger partial charge in [0.25, 0.3) is 0 Å². The van der Waals surface area contributed by atoms with E-state index >= 15 is 0 Å². The van der Waals surface area contributed by atoms with Gasteiger partial charge in [0.1, 0.15) is 11.6 Å². The molecule has 124 valence electrons. The van der Waals surface area contributed by atoms with Gasteiger partial charge in [-0.25, -0.2) is 4.39 Å². The van der Waals surface area contributed by atoms with Crippen LogP contribution in [0.4, 0.5) is 15.8 Å². The predicted molar refractivity (Wildman–Crippen MR) is 95.2 cm³/mol. The summed E-state index contributed by atoms with van der Waals surface area (Å²) in [6.45, 7) is 12.5. The molecule has 0 bridgehead atoms. The van der Waals surface area contributed by atoms with Crippen LogP contribution in [-0.4, -0.2) is 5.11 Å². The molecule has 0 saturated heterocycles. The summed E-state index contributed by atoms with van der Waals surface area (Å²) in [6.07, 6.45) is 0. The molecule has 0 radical (unpaired) electrons. The molecule has 23 heavy (non-hydrogen) atoms. The van der Waals surface area contributed by atoms with E-state index in [1.54, 1.807) is 12.1 Å². The fourth-order valence-corrected chi connectivity index (χ4v) is 2.55. The maximum absolute atomic E-state index is 13.1. The highest BCUT2D eigenvalue weighted by atomic mass is 19.1. The molecular formula is C20H26FNO. The van der Waals surface area contributed by atoms with Crippen LogP contribution in [0.25, 0.3) is 0 Å². The lowest BCUT2D eigenvalue weighted by Gasteiger charge is -2.28. The summed E-state index contributed by atoms with van der Waals surface area (Å²) in [7, 11) is 0. The molecule has 0 amide bonds. The van der Waals surface area contributed by atoms with Gasteiger partial charge < -0.3 is 10.4 Å². The molecule has 0 heterocycles. The lowest BCUT2D eigenvalue weighted by molar-refractivity contribution is 0.423. The first-order valence-corrected chi connectivity index (χ1v) is 7.89. The third-order valence-electron chi connectivity index (χ3n) is 3.86. The zero-order valence-electron chi connectivity index (χ0n) is 14.8. The number of rotatable bonds is 2. The molecule has 2 nitrogen and oxygen atoms in total. The first-order valence-electron chi connectivity index (χ1n) is 7.89. The lowest BCUT2D eigenvalue weighted by Crippen LogP contribution is -2.17. The minimum Gasteiger partial charge on any atom is -0.507 e. The van der Waals surface area contributed by atoms with E-state index in [-0.39, 0.29) is 16.6 Å². The van der Waals surface area contributed by atoms with E-state index < -0.39 is 0 Å². The van der Waals surface area contributed by atoms with Gasteiger partial charge in [0, 0.05) is 22.5 Å². The number of anilines is 2. The van der Waals surface area contributed by atoms with Crippen molar-refractivity contribution in [1.29, 1.82) is 0 Å². The molecule has 2 rings (SSSR count). The molecule has 0 aliphatic carbocycles. The van der Waals surface area contributed by atoms with Crippen LogP contribution < -0.4 is 5.32 Å². The molecule has 0 aromatic heterocycles. The second kappa shape index (κ2) is 5.88. The second-order valence-corrected chi connectivity index (χ2v) is 8.05. The minimum absolute atomic E-state index is 0.176. The average molecular weight is 315 g/mol. The first kappa shape index (κ1) is 17.3. The standard InChI is InChI=1S/C20H26FNO/c1-19(2,3)16-11-15(12-17(18(16)23)20(4,5)6)22-14-9-7-13(21)8-10-14/h7-12,22-23H,1-6H3. The molecule has 0 spiro atoms. The van der Waals surface area contributed by atoms with E-state index in [9.17, 15) is 9.50 Å². The van der Waals surface area contributed by atoms with Crippen LogP contribution in [0, 0.1) is 5.82 Å². The van der Waals surface area contributed by atoms with Crippen LogP contribution in [0.1, 0.15) is 52.7 Å². The van der Waals surface area contributed by atoms with Crippen LogP contribution in [0.5, 0.6) is 5.75 Å². The Labute approximate surface area is 138 Å². The van der Waals surface area contributed by atoms with Crippen molar-refractivity contribution in [2.75, 3.05) is 5.32 Å². The van der Waals surface area contributed by atoms with Crippen molar-refractivity contribution < 1.29 is 9.50 Å². The quantitative estimate of drug-likeness (QED) is 0.679. The molecule has 0 aliphatic rings. The normalized spacial score (nSPS) is 12.3. The predicted octanol–water partition coefficient (Wildman–Crippen LogP) is 5.87. The van der Waals surface area contributed by atoms with Gasteiger partial charge in [0.05, 0.1) is 0 Å². The molecular weight excluding hydrogens is 289 g/mol. The molecule has 2 aromatic carbocycles. The number of benzene rings is 2. The summed E-state index contributed by atoms with van der Waals surface area (Å²) in [5.41, 5.74) is 3.15. The van der Waals surface area contributed by atoms with Gasteiger partial charge in [-0.1, -0.05) is 41.5 Å². The highest BCUT2D eigenvalue weighted by molar-refractivity contribution is 5.65. The molecule has 0 unspecified atom stereocenters. The fourth-order valence-electron chi connectivity index (χ4n) is 2.55. The van der Waals surface area contributed by atoms with Gasteiger partial charge in [-0.15, -0.1) is 0 Å². The maximum atomic E-state index is 13.1. The Balaban J connectivity index is 2.53. The highest BCUT2D eigenvalue weighted by Crippen LogP contribution is 2.41. The summed E-state index contributed by atoms with van der Waals surface area (Å²) < 4.78 is 13.1. The Morgan fingerprint density at radius 1 is 0.783 bits per heavy atom. The SMILES string of the molecule is CC(C)(C)c1cc(Nc2ccc(F)cc2)cc(C(C)(C)C)c1O. The van der Waals surface area contributed by atoms with E-state index in [0.29, 0.717) is 5.75 Å². The Bertz CT molecular complexity index is 656. The smallest absolute Gasteiger partial charge is 0.123 e. The third-order valence-corrected chi connectivity index (χ3v) is 3.86. The molecule has 2 aromatic rings. The Hall–Kier alpha value is -2.03. The van der Waals surface area contributed by atoms with E-state index in [2.05, 4.69) is 46.9 Å². The van der Waals surface area contributed by atoms with Crippen molar-refractivity contribution in [3.8, 4) is 5.75 Å². The third kappa shape index (κ3) is 4.04. The van der Waals surface area contributed by atoms with Gasteiger partial charge in [0.2, 0.25) is 0 Å². The maximum Gasteiger partial charge on any atom is 0.123 e. The molecule has 3 heteroatoms. The van der Waals surface area contributed by atoms with Crippen molar-refractivity contribution in [3.63, 3.8) is 0 Å². The zero-order valence-corrected chi connectivity index (χ0v) is 14.8. The van der Waals surface area contributed by atoms with Crippen LogP contribution in [0.15, 0.2) is 36.4 Å². The number of hydrogen-bond acceptors (Lipinski definition) is 2. The van der Waals surface area contributed by atoms with Gasteiger partial charge in [-0.05, 0) is 47.2 Å².